The maximum atomic E-state index is 15.4. The van der Waals surface area contributed by atoms with Crippen LogP contribution < -0.4 is 11.1 Å². The van der Waals surface area contributed by atoms with Crippen LogP contribution in [0, 0.1) is 17.7 Å². The molecular weight excluding hydrogens is 397 g/mol. The zero-order valence-corrected chi connectivity index (χ0v) is 20.5. The number of benzene rings is 1. The van der Waals surface area contributed by atoms with E-state index in [1.165, 1.54) is 32.1 Å². The Bertz CT molecular complexity index is 926. The van der Waals surface area contributed by atoms with Gasteiger partial charge in [-0.1, -0.05) is 63.7 Å². The average molecular weight is 438 g/mol. The summed E-state index contributed by atoms with van der Waals surface area (Å²) in [6.07, 6.45) is 13.6. The molecule has 3 N–H and O–H groups in total. The summed E-state index contributed by atoms with van der Waals surface area (Å²) in [5.41, 5.74) is 12.9. The number of aliphatic imine (C=N–C) groups is 1. The van der Waals surface area contributed by atoms with Gasteiger partial charge in [-0.3, -0.25) is 0 Å². The summed E-state index contributed by atoms with van der Waals surface area (Å²) < 4.78 is 15.4. The fraction of sp³-hybridized carbons (Fsp3) is 0.536. The Labute approximate surface area is 193 Å². The summed E-state index contributed by atoms with van der Waals surface area (Å²) in [5.74, 6) is 1.38. The van der Waals surface area contributed by atoms with Gasteiger partial charge in [-0.05, 0) is 68.2 Å². The lowest BCUT2D eigenvalue weighted by Crippen LogP contribution is -2.28. The van der Waals surface area contributed by atoms with E-state index < -0.39 is 0 Å². The molecule has 1 fully saturated rings. The molecule has 1 aliphatic heterocycles. The van der Waals surface area contributed by atoms with E-state index in [0.717, 1.165) is 46.4 Å². The van der Waals surface area contributed by atoms with Gasteiger partial charge in [0.05, 0.1) is 5.92 Å². The molecule has 0 radical (unpaired) electrons. The van der Waals surface area contributed by atoms with Gasteiger partial charge >= 0.3 is 0 Å². The Kier molecular flexibility index (Phi) is 8.33. The number of hydrogen-bond acceptors (Lipinski definition) is 3. The second kappa shape index (κ2) is 11.0. The Morgan fingerprint density at radius 1 is 1.19 bits per heavy atom. The number of nitrogens with two attached hydrogens (primary N) is 1. The second-order valence-electron chi connectivity index (χ2n) is 9.96. The van der Waals surface area contributed by atoms with Gasteiger partial charge in [-0.15, -0.1) is 0 Å². The molecule has 1 aromatic carbocycles. The minimum absolute atomic E-state index is 0.0592. The molecule has 0 amide bonds. The van der Waals surface area contributed by atoms with E-state index >= 15 is 4.39 Å². The van der Waals surface area contributed by atoms with Crippen molar-refractivity contribution >= 4 is 5.84 Å². The molecule has 1 aromatic rings. The molecule has 3 nitrogen and oxygen atoms in total. The van der Waals surface area contributed by atoms with E-state index in [2.05, 4.69) is 44.1 Å². The molecule has 174 valence electrons. The van der Waals surface area contributed by atoms with E-state index in [0.29, 0.717) is 17.7 Å². The van der Waals surface area contributed by atoms with E-state index in [1.807, 2.05) is 19.2 Å². The highest BCUT2D eigenvalue weighted by atomic mass is 19.1. The monoisotopic (exact) mass is 437 g/mol. The van der Waals surface area contributed by atoms with Crippen LogP contribution in [0.4, 0.5) is 4.39 Å². The zero-order valence-electron chi connectivity index (χ0n) is 20.5. The van der Waals surface area contributed by atoms with Gasteiger partial charge in [0, 0.05) is 23.7 Å². The van der Waals surface area contributed by atoms with Gasteiger partial charge < -0.3 is 11.1 Å². The maximum Gasteiger partial charge on any atom is 0.127 e. The minimum Gasteiger partial charge on any atom is -0.383 e. The molecule has 1 saturated carbocycles. The maximum absolute atomic E-state index is 15.4. The normalized spacial score (nSPS) is 24.0. The molecule has 0 bridgehead atoms. The second-order valence-corrected chi connectivity index (χ2v) is 9.96. The number of allylic oxidation sites excluding steroid dienone is 3. The van der Waals surface area contributed by atoms with Gasteiger partial charge in [0.25, 0.3) is 0 Å². The number of nitrogens with zero attached hydrogens (tertiary/aromatic N) is 1. The van der Waals surface area contributed by atoms with Crippen molar-refractivity contribution in [3.63, 3.8) is 0 Å². The minimum atomic E-state index is -0.0989. The third-order valence-corrected chi connectivity index (χ3v) is 6.81. The molecule has 32 heavy (non-hydrogen) atoms. The molecule has 1 atom stereocenters. The van der Waals surface area contributed by atoms with Crippen molar-refractivity contribution in [1.82, 2.24) is 5.32 Å². The molecule has 3 rings (SSSR count). The predicted molar refractivity (Wildman–Crippen MR) is 134 cm³/mol. The first-order valence-electron chi connectivity index (χ1n) is 12.2. The molecule has 0 saturated heterocycles. The van der Waals surface area contributed by atoms with E-state index in [-0.39, 0.29) is 11.7 Å². The number of halogens is 1. The van der Waals surface area contributed by atoms with Gasteiger partial charge in [-0.25, -0.2) is 9.38 Å². The summed E-state index contributed by atoms with van der Waals surface area (Å²) in [5, 5.41) is 3.41. The zero-order chi connectivity index (χ0) is 23.3. The van der Waals surface area contributed by atoms with Crippen molar-refractivity contribution in [2.45, 2.75) is 85.5 Å². The van der Waals surface area contributed by atoms with Gasteiger partial charge in [-0.2, -0.15) is 0 Å². The van der Waals surface area contributed by atoms with Crippen LogP contribution in [-0.4, -0.2) is 5.84 Å². The first-order valence-corrected chi connectivity index (χ1v) is 12.2. The van der Waals surface area contributed by atoms with Crippen LogP contribution in [-0.2, 0) is 12.8 Å². The molecule has 0 aromatic heterocycles. The molecule has 1 aliphatic carbocycles. The summed E-state index contributed by atoms with van der Waals surface area (Å²) in [7, 11) is 0. The fourth-order valence-electron chi connectivity index (χ4n) is 5.33. The topological polar surface area (TPSA) is 50.4 Å². The van der Waals surface area contributed by atoms with E-state index in [4.69, 9.17) is 5.73 Å². The van der Waals surface area contributed by atoms with Crippen molar-refractivity contribution in [2.24, 2.45) is 22.6 Å². The highest BCUT2D eigenvalue weighted by Gasteiger charge is 2.30. The van der Waals surface area contributed by atoms with Crippen LogP contribution in [0.5, 0.6) is 0 Å². The van der Waals surface area contributed by atoms with Crippen LogP contribution in [0.15, 0.2) is 52.4 Å². The van der Waals surface area contributed by atoms with Crippen LogP contribution in [0.3, 0.4) is 0 Å². The lowest BCUT2D eigenvalue weighted by molar-refractivity contribution is 0.351. The molecule has 1 unspecified atom stereocenters. The van der Waals surface area contributed by atoms with E-state index in [9.17, 15) is 0 Å². The van der Waals surface area contributed by atoms with Crippen molar-refractivity contribution in [1.29, 1.82) is 0 Å². The summed E-state index contributed by atoms with van der Waals surface area (Å²) in [4.78, 5) is 4.45. The lowest BCUT2D eigenvalue weighted by atomic mass is 9.77. The predicted octanol–water partition coefficient (Wildman–Crippen LogP) is 6.90. The molecule has 2 aliphatic rings. The number of amidine groups is 1. The summed E-state index contributed by atoms with van der Waals surface area (Å²) in [6.45, 7) is 10.6. The van der Waals surface area contributed by atoms with Gasteiger partial charge in [0.1, 0.15) is 11.7 Å². The fourth-order valence-corrected chi connectivity index (χ4v) is 5.33. The van der Waals surface area contributed by atoms with Crippen LogP contribution in [0.1, 0.15) is 89.3 Å². The number of hydrogen-bond donors (Lipinski definition) is 2. The largest absolute Gasteiger partial charge is 0.383 e. The third-order valence-electron chi connectivity index (χ3n) is 6.81. The van der Waals surface area contributed by atoms with Crippen molar-refractivity contribution < 1.29 is 4.39 Å². The quantitative estimate of drug-likeness (QED) is 0.526. The standard InChI is InChI=1S/C28H40FN3/c1-6-25-27(26(19(4)5)28(30)32-15-14-31-25)21-12-13-24(29)23(22(21)16-18(2)3)17-20-10-8-7-9-11-20/h6,12-15,18,20,27,31H,7-11,16-17H2,1-5H3,(H2,30,32)/b15-14-,25-6?. The van der Waals surface area contributed by atoms with Crippen LogP contribution in [0.2, 0.25) is 0 Å². The molecular formula is C28H40FN3. The van der Waals surface area contributed by atoms with Crippen molar-refractivity contribution in [3.05, 3.63) is 70.0 Å². The Morgan fingerprint density at radius 3 is 2.53 bits per heavy atom. The van der Waals surface area contributed by atoms with Gasteiger partial charge in [0.2, 0.25) is 0 Å². The third kappa shape index (κ3) is 5.51. The molecule has 0 spiro atoms. The van der Waals surface area contributed by atoms with Crippen LogP contribution >= 0.6 is 0 Å². The Morgan fingerprint density at radius 2 is 1.91 bits per heavy atom. The van der Waals surface area contributed by atoms with Crippen molar-refractivity contribution in [2.75, 3.05) is 0 Å². The molecule has 4 heteroatoms. The lowest BCUT2D eigenvalue weighted by Gasteiger charge is -2.31. The summed E-state index contributed by atoms with van der Waals surface area (Å²) in [6, 6.07) is 3.66. The van der Waals surface area contributed by atoms with Gasteiger partial charge in [0.15, 0.2) is 0 Å². The smallest absolute Gasteiger partial charge is 0.127 e. The first-order chi connectivity index (χ1) is 15.3. The first kappa shape index (κ1) is 24.3. The SMILES string of the molecule is CC=C1N/C=C\N=C(\N)C(=C(C)C)C1c1ccc(F)c(CC2CCCCC2)c1CC(C)C. The Balaban J connectivity index is 2.21. The van der Waals surface area contributed by atoms with E-state index in [1.54, 1.807) is 12.3 Å². The van der Waals surface area contributed by atoms with Crippen molar-refractivity contribution in [3.8, 4) is 0 Å². The average Bonchev–Trinajstić information content (AvgIpc) is 2.74. The molecule has 1 heterocycles. The number of nitrogens with one attached hydrogen (secondary N) is 1. The van der Waals surface area contributed by atoms with Crippen LogP contribution in [0.25, 0.3) is 0 Å². The Hall–Kier alpha value is -2.36. The summed E-state index contributed by atoms with van der Waals surface area (Å²) >= 11 is 0. The highest BCUT2D eigenvalue weighted by Crippen LogP contribution is 2.39. The number of rotatable bonds is 5. The highest BCUT2D eigenvalue weighted by molar-refractivity contribution is 6.00.